The van der Waals surface area contributed by atoms with Gasteiger partial charge in [-0.1, -0.05) is 0 Å². The van der Waals surface area contributed by atoms with Gasteiger partial charge in [-0.15, -0.1) is 11.6 Å². The van der Waals surface area contributed by atoms with E-state index in [0.717, 1.165) is 12.1 Å². The van der Waals surface area contributed by atoms with E-state index >= 15 is 0 Å². The van der Waals surface area contributed by atoms with Crippen molar-refractivity contribution < 1.29 is 17.2 Å². The molecule has 1 N–H and O–H groups in total. The molecule has 0 aliphatic rings. The molecule has 1 rings (SSSR count). The Morgan fingerprint density at radius 2 is 1.94 bits per heavy atom. The van der Waals surface area contributed by atoms with Crippen LogP contribution in [0.1, 0.15) is 6.42 Å². The van der Waals surface area contributed by atoms with Gasteiger partial charge in [-0.2, -0.15) is 0 Å². The van der Waals surface area contributed by atoms with Crippen LogP contribution in [0.2, 0.25) is 0 Å². The molecular formula is C9H10ClF2NO2S. The zero-order chi connectivity index (χ0) is 12.2. The van der Waals surface area contributed by atoms with Gasteiger partial charge >= 0.3 is 0 Å². The zero-order valence-electron chi connectivity index (χ0n) is 8.21. The lowest BCUT2D eigenvalue weighted by Gasteiger charge is -2.05. The molecule has 0 radical (unpaired) electrons. The first-order chi connectivity index (χ1) is 7.47. The first kappa shape index (κ1) is 13.3. The third kappa shape index (κ3) is 3.40. The monoisotopic (exact) mass is 269 g/mol. The highest BCUT2D eigenvalue weighted by atomic mass is 35.5. The van der Waals surface area contributed by atoms with E-state index in [4.69, 9.17) is 11.6 Å². The van der Waals surface area contributed by atoms with E-state index in [1.165, 1.54) is 0 Å². The van der Waals surface area contributed by atoms with Gasteiger partial charge in [-0.3, -0.25) is 0 Å². The average Bonchev–Trinajstić information content (AvgIpc) is 2.22. The first-order valence-corrected chi connectivity index (χ1v) is 6.50. The van der Waals surface area contributed by atoms with E-state index in [1.807, 2.05) is 0 Å². The van der Waals surface area contributed by atoms with Crippen LogP contribution in [-0.4, -0.2) is 20.8 Å². The second-order valence-corrected chi connectivity index (χ2v) is 5.16. The summed E-state index contributed by atoms with van der Waals surface area (Å²) in [5.41, 5.74) is 0. The summed E-state index contributed by atoms with van der Waals surface area (Å²) in [6.07, 6.45) is 0.463. The molecule has 16 heavy (non-hydrogen) atoms. The highest BCUT2D eigenvalue weighted by Crippen LogP contribution is 2.13. The average molecular weight is 270 g/mol. The van der Waals surface area contributed by atoms with Gasteiger partial charge in [0.05, 0.1) is 4.90 Å². The predicted molar refractivity (Wildman–Crippen MR) is 56.9 cm³/mol. The van der Waals surface area contributed by atoms with Gasteiger partial charge in [0.1, 0.15) is 0 Å². The number of rotatable bonds is 5. The van der Waals surface area contributed by atoms with Crippen molar-refractivity contribution >= 4 is 21.6 Å². The van der Waals surface area contributed by atoms with Crippen LogP contribution >= 0.6 is 11.6 Å². The highest BCUT2D eigenvalue weighted by molar-refractivity contribution is 7.89. The van der Waals surface area contributed by atoms with Crippen molar-refractivity contribution in [3.8, 4) is 0 Å². The first-order valence-electron chi connectivity index (χ1n) is 4.48. The number of sulfonamides is 1. The van der Waals surface area contributed by atoms with Gasteiger partial charge in [0.15, 0.2) is 11.6 Å². The van der Waals surface area contributed by atoms with E-state index in [1.54, 1.807) is 0 Å². The number of hydrogen-bond acceptors (Lipinski definition) is 2. The summed E-state index contributed by atoms with van der Waals surface area (Å²) in [5.74, 6) is -1.96. The van der Waals surface area contributed by atoms with Crippen molar-refractivity contribution in [2.75, 3.05) is 12.4 Å². The molecule has 0 saturated heterocycles. The van der Waals surface area contributed by atoms with Crippen LogP contribution in [0.3, 0.4) is 0 Å². The number of benzene rings is 1. The molecule has 0 unspecified atom stereocenters. The van der Waals surface area contributed by atoms with Gasteiger partial charge in [-0.05, 0) is 24.6 Å². The Bertz CT molecular complexity index is 465. The minimum atomic E-state index is -3.79. The van der Waals surface area contributed by atoms with Crippen LogP contribution in [0.15, 0.2) is 23.1 Å². The van der Waals surface area contributed by atoms with E-state index in [-0.39, 0.29) is 11.4 Å². The second kappa shape index (κ2) is 5.56. The van der Waals surface area contributed by atoms with Crippen molar-refractivity contribution in [1.29, 1.82) is 0 Å². The molecule has 0 bridgehead atoms. The molecule has 0 aliphatic heterocycles. The quantitative estimate of drug-likeness (QED) is 0.655. The molecular weight excluding hydrogens is 260 g/mol. The molecule has 0 amide bonds. The Hall–Kier alpha value is -0.720. The lowest BCUT2D eigenvalue weighted by Crippen LogP contribution is -2.25. The van der Waals surface area contributed by atoms with Gasteiger partial charge in [-0.25, -0.2) is 21.9 Å². The van der Waals surface area contributed by atoms with E-state index in [2.05, 4.69) is 4.72 Å². The fourth-order valence-electron chi connectivity index (χ4n) is 1.00. The molecule has 1 aromatic rings. The molecule has 1 aromatic carbocycles. The summed E-state index contributed by atoms with van der Waals surface area (Å²) in [6.45, 7) is 0.158. The summed E-state index contributed by atoms with van der Waals surface area (Å²) in [7, 11) is -3.79. The molecule has 3 nitrogen and oxygen atoms in total. The lowest BCUT2D eigenvalue weighted by molar-refractivity contribution is 0.504. The number of hydrogen-bond donors (Lipinski definition) is 1. The summed E-state index contributed by atoms with van der Waals surface area (Å²) in [5, 5.41) is 0. The van der Waals surface area contributed by atoms with Crippen molar-refractivity contribution in [3.05, 3.63) is 29.8 Å². The van der Waals surface area contributed by atoms with E-state index in [0.29, 0.717) is 18.4 Å². The Kier molecular flexibility index (Phi) is 4.64. The molecule has 0 aromatic heterocycles. The molecule has 7 heteroatoms. The van der Waals surface area contributed by atoms with Crippen LogP contribution in [0.25, 0.3) is 0 Å². The zero-order valence-corrected chi connectivity index (χ0v) is 9.78. The predicted octanol–water partition coefficient (Wildman–Crippen LogP) is 1.87. The Morgan fingerprint density at radius 1 is 1.25 bits per heavy atom. The largest absolute Gasteiger partial charge is 0.240 e. The fraction of sp³-hybridized carbons (Fsp3) is 0.333. The normalized spacial score (nSPS) is 11.7. The molecule has 0 aliphatic carbocycles. The van der Waals surface area contributed by atoms with Crippen molar-refractivity contribution in [2.45, 2.75) is 11.3 Å². The van der Waals surface area contributed by atoms with Crippen LogP contribution < -0.4 is 4.72 Å². The van der Waals surface area contributed by atoms with Crippen LogP contribution in [0.5, 0.6) is 0 Å². The van der Waals surface area contributed by atoms with Gasteiger partial charge in [0, 0.05) is 12.4 Å². The highest BCUT2D eigenvalue weighted by Gasteiger charge is 2.15. The van der Waals surface area contributed by atoms with Gasteiger partial charge < -0.3 is 0 Å². The number of nitrogens with one attached hydrogen (secondary N) is 1. The smallest absolute Gasteiger partial charge is 0.211 e. The minimum Gasteiger partial charge on any atom is -0.211 e. The maximum Gasteiger partial charge on any atom is 0.240 e. The molecule has 90 valence electrons. The molecule has 0 saturated carbocycles. The summed E-state index contributed by atoms with van der Waals surface area (Å²) in [6, 6.07) is 2.41. The molecule has 0 atom stereocenters. The van der Waals surface area contributed by atoms with Crippen molar-refractivity contribution in [3.63, 3.8) is 0 Å². The fourth-order valence-corrected chi connectivity index (χ4v) is 2.22. The Balaban J connectivity index is 2.86. The molecule has 0 heterocycles. The second-order valence-electron chi connectivity index (χ2n) is 3.02. The van der Waals surface area contributed by atoms with Crippen molar-refractivity contribution in [1.82, 2.24) is 4.72 Å². The van der Waals surface area contributed by atoms with Crippen molar-refractivity contribution in [2.24, 2.45) is 0 Å². The SMILES string of the molecule is O=S(=O)(NCCCCl)c1ccc(F)c(F)c1. The minimum absolute atomic E-state index is 0.158. The lowest BCUT2D eigenvalue weighted by atomic mass is 10.3. The summed E-state index contributed by atoms with van der Waals surface area (Å²) < 4.78 is 50.7. The maximum atomic E-state index is 12.8. The summed E-state index contributed by atoms with van der Waals surface area (Å²) in [4.78, 5) is -0.305. The Labute approximate surface area is 97.5 Å². The topological polar surface area (TPSA) is 46.2 Å². The van der Waals surface area contributed by atoms with E-state index in [9.17, 15) is 17.2 Å². The summed E-state index contributed by atoms with van der Waals surface area (Å²) >= 11 is 5.38. The van der Waals surface area contributed by atoms with Crippen LogP contribution in [0.4, 0.5) is 8.78 Å². The maximum absolute atomic E-state index is 12.8. The number of alkyl halides is 1. The molecule has 0 spiro atoms. The number of halogens is 3. The van der Waals surface area contributed by atoms with Gasteiger partial charge in [0.2, 0.25) is 10.0 Å². The third-order valence-electron chi connectivity index (χ3n) is 1.80. The van der Waals surface area contributed by atoms with Crippen LogP contribution in [-0.2, 0) is 10.0 Å². The molecule has 0 fully saturated rings. The third-order valence-corrected chi connectivity index (χ3v) is 3.53. The van der Waals surface area contributed by atoms with E-state index < -0.39 is 21.7 Å². The standard InChI is InChI=1S/C9H10ClF2NO2S/c10-4-1-5-13-16(14,15)7-2-3-8(11)9(12)6-7/h2-3,6,13H,1,4-5H2. The Morgan fingerprint density at radius 3 is 2.50 bits per heavy atom. The van der Waals surface area contributed by atoms with Crippen LogP contribution in [0, 0.1) is 11.6 Å². The van der Waals surface area contributed by atoms with Gasteiger partial charge in [0.25, 0.3) is 0 Å².